The lowest BCUT2D eigenvalue weighted by molar-refractivity contribution is -0.125. The Labute approximate surface area is 101 Å². The van der Waals surface area contributed by atoms with Crippen LogP contribution in [0.2, 0.25) is 0 Å². The van der Waals surface area contributed by atoms with Crippen LogP contribution in [0, 0.1) is 12.3 Å². The number of hydrogen-bond acceptors (Lipinski definition) is 5. The molecule has 0 unspecified atom stereocenters. The van der Waals surface area contributed by atoms with Crippen LogP contribution < -0.4 is 16.4 Å². The second-order valence-electron chi connectivity index (χ2n) is 4.58. The number of amides is 1. The molecule has 0 aliphatic carbocycles. The third-order valence-corrected chi connectivity index (χ3v) is 2.56. The number of nitrogens with two attached hydrogens (primary N) is 1. The molecule has 17 heavy (non-hydrogen) atoms. The van der Waals surface area contributed by atoms with Gasteiger partial charge in [0.15, 0.2) is 0 Å². The van der Waals surface area contributed by atoms with E-state index in [4.69, 9.17) is 5.73 Å². The monoisotopic (exact) mass is 237 g/mol. The Morgan fingerprint density at radius 3 is 2.71 bits per heavy atom. The second-order valence-corrected chi connectivity index (χ2v) is 4.58. The Bertz CT molecular complexity index is 416. The molecular weight excluding hydrogens is 218 g/mol. The second kappa shape index (κ2) is 4.99. The average molecular weight is 237 g/mol. The number of primary amides is 1. The van der Waals surface area contributed by atoms with Crippen molar-refractivity contribution in [2.24, 2.45) is 11.1 Å². The van der Waals surface area contributed by atoms with E-state index in [0.29, 0.717) is 18.3 Å². The zero-order valence-corrected chi connectivity index (χ0v) is 10.7. The summed E-state index contributed by atoms with van der Waals surface area (Å²) in [4.78, 5) is 19.5. The summed E-state index contributed by atoms with van der Waals surface area (Å²) >= 11 is 0. The molecular formula is C11H19N5O. The Hall–Kier alpha value is -1.85. The molecule has 6 heteroatoms. The molecule has 0 atom stereocenters. The maximum Gasteiger partial charge on any atom is 0.224 e. The van der Waals surface area contributed by atoms with Crippen LogP contribution in [0.3, 0.4) is 0 Å². The van der Waals surface area contributed by atoms with Gasteiger partial charge in [-0.05, 0) is 20.8 Å². The van der Waals surface area contributed by atoms with Crippen molar-refractivity contribution in [1.29, 1.82) is 0 Å². The van der Waals surface area contributed by atoms with Gasteiger partial charge in [-0.2, -0.15) is 4.98 Å². The smallest absolute Gasteiger partial charge is 0.224 e. The van der Waals surface area contributed by atoms with Gasteiger partial charge in [-0.15, -0.1) is 0 Å². The summed E-state index contributed by atoms with van der Waals surface area (Å²) in [6.45, 7) is 5.91. The minimum atomic E-state index is -0.614. The molecule has 0 aliphatic heterocycles. The average Bonchev–Trinajstić information content (AvgIpc) is 2.28. The number of rotatable bonds is 5. The third-order valence-electron chi connectivity index (χ3n) is 2.56. The van der Waals surface area contributed by atoms with Crippen LogP contribution in [0.25, 0.3) is 0 Å². The van der Waals surface area contributed by atoms with Crippen LogP contribution in [0.5, 0.6) is 0 Å². The number of aromatic nitrogens is 2. The van der Waals surface area contributed by atoms with Gasteiger partial charge in [0.05, 0.1) is 5.41 Å². The topological polar surface area (TPSA) is 92.9 Å². The van der Waals surface area contributed by atoms with Gasteiger partial charge in [0.1, 0.15) is 5.82 Å². The molecule has 0 bridgehead atoms. The first-order valence-corrected chi connectivity index (χ1v) is 5.42. The normalized spacial score (nSPS) is 11.1. The first-order chi connectivity index (χ1) is 7.86. The van der Waals surface area contributed by atoms with Crippen molar-refractivity contribution >= 4 is 17.7 Å². The molecule has 0 aliphatic rings. The number of anilines is 2. The Morgan fingerprint density at radius 1 is 1.53 bits per heavy atom. The maximum absolute atomic E-state index is 11.2. The van der Waals surface area contributed by atoms with E-state index in [1.54, 1.807) is 27.1 Å². The molecule has 0 fully saturated rings. The largest absolute Gasteiger partial charge is 0.369 e. The molecule has 0 spiro atoms. The molecule has 0 radical (unpaired) electrons. The van der Waals surface area contributed by atoms with E-state index < -0.39 is 5.41 Å². The molecule has 0 saturated carbocycles. The summed E-state index contributed by atoms with van der Waals surface area (Å²) in [6.07, 6.45) is 1.72. The van der Waals surface area contributed by atoms with Crippen LogP contribution in [0.1, 0.15) is 19.4 Å². The van der Waals surface area contributed by atoms with Gasteiger partial charge in [-0.3, -0.25) is 4.79 Å². The van der Waals surface area contributed by atoms with Gasteiger partial charge in [-0.1, -0.05) is 0 Å². The molecule has 1 rings (SSSR count). The summed E-state index contributed by atoms with van der Waals surface area (Å²) in [5, 5.41) is 5.98. The van der Waals surface area contributed by atoms with Crippen molar-refractivity contribution in [3.63, 3.8) is 0 Å². The van der Waals surface area contributed by atoms with E-state index in [2.05, 4.69) is 20.6 Å². The summed E-state index contributed by atoms with van der Waals surface area (Å²) in [5.74, 6) is 0.902. The highest BCUT2D eigenvalue weighted by molar-refractivity contribution is 5.80. The highest BCUT2D eigenvalue weighted by Gasteiger charge is 2.24. The van der Waals surface area contributed by atoms with Gasteiger partial charge >= 0.3 is 0 Å². The van der Waals surface area contributed by atoms with E-state index in [1.807, 2.05) is 6.92 Å². The van der Waals surface area contributed by atoms with Crippen LogP contribution in [-0.2, 0) is 4.79 Å². The predicted octanol–water partition coefficient (Wildman–Crippen LogP) is 0.750. The highest BCUT2D eigenvalue weighted by atomic mass is 16.1. The molecule has 1 heterocycles. The quantitative estimate of drug-likeness (QED) is 0.702. The van der Waals surface area contributed by atoms with E-state index in [-0.39, 0.29) is 5.91 Å². The van der Waals surface area contributed by atoms with Crippen LogP contribution in [-0.4, -0.2) is 29.5 Å². The molecule has 1 aromatic heterocycles. The summed E-state index contributed by atoms with van der Waals surface area (Å²) in [6, 6.07) is 0. The molecule has 6 nitrogen and oxygen atoms in total. The summed E-state index contributed by atoms with van der Waals surface area (Å²) in [5.41, 5.74) is 5.61. The Kier molecular flexibility index (Phi) is 3.88. The number of carbonyl (C=O) groups excluding carboxylic acids is 1. The molecule has 1 amide bonds. The first kappa shape index (κ1) is 13.2. The summed E-state index contributed by atoms with van der Waals surface area (Å²) < 4.78 is 0. The van der Waals surface area contributed by atoms with Gasteiger partial charge < -0.3 is 16.4 Å². The molecule has 1 aromatic rings. The summed E-state index contributed by atoms with van der Waals surface area (Å²) in [7, 11) is 1.75. The van der Waals surface area contributed by atoms with E-state index in [9.17, 15) is 4.79 Å². The SMILES string of the molecule is CNc1ncc(C)c(NCC(C)(C)C(N)=O)n1. The standard InChI is InChI=1S/C11H19N5O/c1-7-5-14-10(13-4)16-8(7)15-6-11(2,3)9(12)17/h5H,6H2,1-4H3,(H2,12,17)(H2,13,14,15,16). The molecule has 0 aromatic carbocycles. The van der Waals surface area contributed by atoms with Crippen molar-refractivity contribution < 1.29 is 4.79 Å². The van der Waals surface area contributed by atoms with Crippen molar-refractivity contribution in [3.05, 3.63) is 11.8 Å². The van der Waals surface area contributed by atoms with Crippen LogP contribution in [0.15, 0.2) is 6.20 Å². The fraction of sp³-hybridized carbons (Fsp3) is 0.545. The van der Waals surface area contributed by atoms with Gasteiger partial charge in [0, 0.05) is 25.4 Å². The van der Waals surface area contributed by atoms with Crippen LogP contribution >= 0.6 is 0 Å². The third kappa shape index (κ3) is 3.30. The number of aryl methyl sites for hydroxylation is 1. The van der Waals surface area contributed by atoms with Gasteiger partial charge in [0.2, 0.25) is 11.9 Å². The van der Waals surface area contributed by atoms with Crippen LogP contribution in [0.4, 0.5) is 11.8 Å². The Morgan fingerprint density at radius 2 is 2.18 bits per heavy atom. The minimum absolute atomic E-state index is 0.342. The van der Waals surface area contributed by atoms with E-state index in [0.717, 1.165) is 5.56 Å². The van der Waals surface area contributed by atoms with Gasteiger partial charge in [0.25, 0.3) is 0 Å². The number of hydrogen-bond donors (Lipinski definition) is 3. The maximum atomic E-state index is 11.2. The fourth-order valence-corrected chi connectivity index (χ4v) is 1.13. The zero-order chi connectivity index (χ0) is 13.1. The Balaban J connectivity index is 2.78. The zero-order valence-electron chi connectivity index (χ0n) is 10.7. The number of nitrogens with one attached hydrogen (secondary N) is 2. The predicted molar refractivity (Wildman–Crippen MR) is 67.8 cm³/mol. The minimum Gasteiger partial charge on any atom is -0.369 e. The fourth-order valence-electron chi connectivity index (χ4n) is 1.13. The molecule has 4 N–H and O–H groups in total. The van der Waals surface area contributed by atoms with Crippen molar-refractivity contribution in [2.75, 3.05) is 24.2 Å². The van der Waals surface area contributed by atoms with E-state index >= 15 is 0 Å². The van der Waals surface area contributed by atoms with E-state index in [1.165, 1.54) is 0 Å². The van der Waals surface area contributed by atoms with Crippen molar-refractivity contribution in [1.82, 2.24) is 9.97 Å². The van der Waals surface area contributed by atoms with Gasteiger partial charge in [-0.25, -0.2) is 4.98 Å². The highest BCUT2D eigenvalue weighted by Crippen LogP contribution is 2.17. The lowest BCUT2D eigenvalue weighted by Gasteiger charge is -2.21. The number of nitrogens with zero attached hydrogens (tertiary/aromatic N) is 2. The first-order valence-electron chi connectivity index (χ1n) is 5.42. The molecule has 94 valence electrons. The van der Waals surface area contributed by atoms with Crippen molar-refractivity contribution in [2.45, 2.75) is 20.8 Å². The molecule has 0 saturated heterocycles. The lowest BCUT2D eigenvalue weighted by atomic mass is 9.93. The lowest BCUT2D eigenvalue weighted by Crippen LogP contribution is -2.37. The number of carbonyl (C=O) groups is 1. The van der Waals surface area contributed by atoms with Crippen molar-refractivity contribution in [3.8, 4) is 0 Å².